The van der Waals surface area contributed by atoms with Gasteiger partial charge in [0.2, 0.25) is 0 Å². The molecule has 11 heteroatoms. The Morgan fingerprint density at radius 3 is 2.45 bits per heavy atom. The summed E-state index contributed by atoms with van der Waals surface area (Å²) in [6, 6.07) is 8.28. The summed E-state index contributed by atoms with van der Waals surface area (Å²) in [5, 5.41) is 7.12. The number of thioether (sulfide) groups is 1. The molecule has 0 saturated carbocycles. The molecule has 0 radical (unpaired) electrons. The van der Waals surface area contributed by atoms with Crippen molar-refractivity contribution in [1.29, 1.82) is 0 Å². The number of amides is 1. The van der Waals surface area contributed by atoms with Crippen LogP contribution in [-0.4, -0.2) is 62.7 Å². The Balaban J connectivity index is 0.000000383. The quantitative estimate of drug-likeness (QED) is 0.657. The summed E-state index contributed by atoms with van der Waals surface area (Å²) in [5.41, 5.74) is 2.41. The number of ether oxygens (including phenoxy) is 1. The number of likely N-dealkylation sites (tertiary alicyclic amines) is 1. The molecule has 4 rings (SSSR count). The molecule has 1 N–H and O–H groups in total. The van der Waals surface area contributed by atoms with Gasteiger partial charge in [-0.2, -0.15) is 13.2 Å². The lowest BCUT2D eigenvalue weighted by Crippen LogP contribution is -2.60. The summed E-state index contributed by atoms with van der Waals surface area (Å²) in [6.45, 7) is 3.85. The van der Waals surface area contributed by atoms with Crippen LogP contribution in [0.4, 0.5) is 17.6 Å². The van der Waals surface area contributed by atoms with Crippen LogP contribution in [0.25, 0.3) is 0 Å². The molecule has 2 fully saturated rings. The summed E-state index contributed by atoms with van der Waals surface area (Å²) in [4.78, 5) is 27.4. The number of aromatic nitrogens is 1. The van der Waals surface area contributed by atoms with Crippen molar-refractivity contribution in [1.82, 2.24) is 9.88 Å². The van der Waals surface area contributed by atoms with Crippen molar-refractivity contribution in [2.24, 2.45) is 0 Å². The van der Waals surface area contributed by atoms with Crippen LogP contribution in [0.15, 0.2) is 42.7 Å². The van der Waals surface area contributed by atoms with E-state index < -0.39 is 12.1 Å². The largest absolute Gasteiger partial charge is 0.490 e. The number of hydrogen-bond acceptors (Lipinski definition) is 5. The number of carboxylic acid groups (broad SMARTS) is 1. The first-order chi connectivity index (χ1) is 15.5. The Morgan fingerprint density at radius 1 is 1.24 bits per heavy atom. The van der Waals surface area contributed by atoms with Gasteiger partial charge in [0.25, 0.3) is 5.91 Å². The van der Waals surface area contributed by atoms with Gasteiger partial charge < -0.3 is 14.7 Å². The Hall–Kier alpha value is -2.66. The third-order valence-electron chi connectivity index (χ3n) is 5.32. The number of nitrogens with zero attached hydrogens (tertiary/aromatic N) is 2. The van der Waals surface area contributed by atoms with Gasteiger partial charge in [0.05, 0.1) is 17.5 Å². The highest BCUT2D eigenvalue weighted by Crippen LogP contribution is 2.46. The average Bonchev–Trinajstić information content (AvgIpc) is 3.16. The predicted octanol–water partition coefficient (Wildman–Crippen LogP) is 4.08. The molecule has 2 aliphatic heterocycles. The van der Waals surface area contributed by atoms with Gasteiger partial charge in [0.1, 0.15) is 5.82 Å². The summed E-state index contributed by atoms with van der Waals surface area (Å²) >= 11 is 1.91. The fourth-order valence-electron chi connectivity index (χ4n) is 3.65. The summed E-state index contributed by atoms with van der Waals surface area (Å²) in [6.07, 6.45) is -0.347. The van der Waals surface area contributed by atoms with E-state index in [1.165, 1.54) is 12.1 Å². The number of carboxylic acids is 1. The van der Waals surface area contributed by atoms with Gasteiger partial charge >= 0.3 is 12.1 Å². The number of hydrogen-bond donors (Lipinski definition) is 1. The maximum Gasteiger partial charge on any atom is 0.490 e. The first kappa shape index (κ1) is 25.0. The third kappa shape index (κ3) is 6.44. The zero-order valence-electron chi connectivity index (χ0n) is 17.6. The third-order valence-corrected chi connectivity index (χ3v) is 6.89. The van der Waals surface area contributed by atoms with E-state index in [9.17, 15) is 22.4 Å². The maximum absolute atomic E-state index is 13.2. The van der Waals surface area contributed by atoms with Crippen LogP contribution in [0, 0.1) is 12.7 Å². The van der Waals surface area contributed by atoms with Gasteiger partial charge in [-0.1, -0.05) is 0 Å². The number of pyridine rings is 1. The SMILES string of the molecule is Cc1cc(F)ccc1C(=O)N1CC2(CC(OCc3ccncc3)CS2)C1.O=C(O)C(F)(F)F. The average molecular weight is 486 g/mol. The maximum atomic E-state index is 13.2. The molecule has 1 amide bonds. The van der Waals surface area contributed by atoms with Crippen LogP contribution in [0.5, 0.6) is 0 Å². The van der Waals surface area contributed by atoms with Gasteiger partial charge in [-0.05, 0) is 54.8 Å². The summed E-state index contributed by atoms with van der Waals surface area (Å²) < 4.78 is 51.1. The van der Waals surface area contributed by atoms with Crippen LogP contribution in [0.2, 0.25) is 0 Å². The van der Waals surface area contributed by atoms with E-state index in [1.807, 2.05) is 28.8 Å². The molecule has 0 bridgehead atoms. The van der Waals surface area contributed by atoms with E-state index in [0.717, 1.165) is 30.8 Å². The Labute approximate surface area is 191 Å². The highest BCUT2D eigenvalue weighted by Gasteiger charge is 2.51. The molecule has 1 spiro atoms. The van der Waals surface area contributed by atoms with Gasteiger partial charge in [0, 0.05) is 36.8 Å². The van der Waals surface area contributed by atoms with Gasteiger partial charge in [-0.3, -0.25) is 9.78 Å². The second-order valence-corrected chi connectivity index (χ2v) is 9.40. The Bertz CT molecular complexity index is 998. The number of rotatable bonds is 4. The smallest absolute Gasteiger partial charge is 0.475 e. The van der Waals surface area contributed by atoms with Gasteiger partial charge in [-0.15, -0.1) is 11.8 Å². The van der Waals surface area contributed by atoms with Crippen LogP contribution < -0.4 is 0 Å². The van der Waals surface area contributed by atoms with Crippen molar-refractivity contribution in [3.63, 3.8) is 0 Å². The lowest BCUT2D eigenvalue weighted by molar-refractivity contribution is -0.192. The van der Waals surface area contributed by atoms with Crippen molar-refractivity contribution >= 4 is 23.6 Å². The number of alkyl halides is 3. The zero-order valence-corrected chi connectivity index (χ0v) is 18.5. The monoisotopic (exact) mass is 486 g/mol. The van der Waals surface area contributed by atoms with Crippen molar-refractivity contribution in [2.45, 2.75) is 37.0 Å². The topological polar surface area (TPSA) is 79.7 Å². The van der Waals surface area contributed by atoms with Crippen LogP contribution in [0.1, 0.15) is 27.9 Å². The van der Waals surface area contributed by atoms with E-state index >= 15 is 0 Å². The first-order valence-electron chi connectivity index (χ1n) is 9.99. The minimum absolute atomic E-state index is 0.00474. The lowest BCUT2D eigenvalue weighted by Gasteiger charge is -2.47. The van der Waals surface area contributed by atoms with E-state index in [0.29, 0.717) is 17.7 Å². The molecule has 2 aromatic rings. The number of carbonyl (C=O) groups excluding carboxylic acids is 1. The van der Waals surface area contributed by atoms with Crippen molar-refractivity contribution in [3.05, 3.63) is 65.2 Å². The van der Waals surface area contributed by atoms with E-state index in [4.69, 9.17) is 14.6 Å². The minimum atomic E-state index is -5.08. The Kier molecular flexibility index (Phi) is 7.63. The molecule has 6 nitrogen and oxygen atoms in total. The zero-order chi connectivity index (χ0) is 24.2. The molecule has 1 aromatic heterocycles. The van der Waals surface area contributed by atoms with Crippen molar-refractivity contribution in [2.75, 3.05) is 18.8 Å². The molecule has 0 aliphatic carbocycles. The molecule has 2 aliphatic rings. The fraction of sp³-hybridized carbons (Fsp3) is 0.409. The molecule has 3 heterocycles. The van der Waals surface area contributed by atoms with Crippen LogP contribution >= 0.6 is 11.8 Å². The second kappa shape index (κ2) is 10.1. The molecule has 33 heavy (non-hydrogen) atoms. The highest BCUT2D eigenvalue weighted by molar-refractivity contribution is 8.01. The molecule has 1 unspecified atom stereocenters. The normalized spacial score (nSPS) is 18.9. The van der Waals surface area contributed by atoms with E-state index in [1.54, 1.807) is 25.4 Å². The number of aryl methyl sites for hydroxylation is 1. The minimum Gasteiger partial charge on any atom is -0.475 e. The van der Waals surface area contributed by atoms with Crippen molar-refractivity contribution in [3.8, 4) is 0 Å². The second-order valence-electron chi connectivity index (χ2n) is 7.91. The Morgan fingerprint density at radius 2 is 1.88 bits per heavy atom. The molecule has 2 saturated heterocycles. The summed E-state index contributed by atoms with van der Waals surface area (Å²) in [5.74, 6) is -2.11. The molecule has 178 valence electrons. The first-order valence-corrected chi connectivity index (χ1v) is 11.0. The van der Waals surface area contributed by atoms with Crippen molar-refractivity contribution < 1.29 is 37.0 Å². The molecule has 1 aromatic carbocycles. The van der Waals surface area contributed by atoms with Gasteiger partial charge in [0.15, 0.2) is 0 Å². The molecular formula is C22H22F4N2O4S. The fourth-order valence-corrected chi connectivity index (χ4v) is 5.20. The molecular weight excluding hydrogens is 464 g/mol. The highest BCUT2D eigenvalue weighted by atomic mass is 32.2. The van der Waals surface area contributed by atoms with E-state index in [-0.39, 0.29) is 22.6 Å². The number of aliphatic carboxylic acids is 1. The standard InChI is InChI=1S/C20H21FN2O2S.C2HF3O2/c1-14-8-16(21)2-3-18(14)19(24)23-12-20(13-23)9-17(11-26-20)25-10-15-4-6-22-7-5-15;3-2(4,5)1(6)7/h2-8,17H,9-13H2,1H3;(H,6,7). The lowest BCUT2D eigenvalue weighted by atomic mass is 9.91. The number of halogens is 4. The number of benzene rings is 1. The van der Waals surface area contributed by atoms with Crippen LogP contribution in [-0.2, 0) is 16.1 Å². The van der Waals surface area contributed by atoms with Gasteiger partial charge in [-0.25, -0.2) is 9.18 Å². The molecule has 1 atom stereocenters. The summed E-state index contributed by atoms with van der Waals surface area (Å²) in [7, 11) is 0. The van der Waals surface area contributed by atoms with E-state index in [2.05, 4.69) is 4.98 Å². The predicted molar refractivity (Wildman–Crippen MR) is 113 cm³/mol. The van der Waals surface area contributed by atoms with Crippen LogP contribution in [0.3, 0.4) is 0 Å². The number of carbonyl (C=O) groups is 2.